The Morgan fingerprint density at radius 3 is 2.13 bits per heavy atom. The van der Waals surface area contributed by atoms with Gasteiger partial charge in [0, 0.05) is 5.92 Å². The summed E-state index contributed by atoms with van der Waals surface area (Å²) in [6.07, 6.45) is -6.64. The van der Waals surface area contributed by atoms with Crippen LogP contribution < -0.4 is 0 Å². The van der Waals surface area contributed by atoms with Gasteiger partial charge in [-0.2, -0.15) is 0 Å². The molecule has 19 atom stereocenters. The molecule has 2 aliphatic heterocycles. The van der Waals surface area contributed by atoms with Crippen LogP contribution in [0.5, 0.6) is 0 Å². The van der Waals surface area contributed by atoms with E-state index >= 15 is 0 Å². The van der Waals surface area contributed by atoms with Gasteiger partial charge in [-0.1, -0.05) is 53.2 Å². The molecule has 5 aliphatic carbocycles. The average Bonchev–Trinajstić information content (AvgIpc) is 3.10. The SMILES string of the molecule is C[C@@H]1CC[C@]2(C(=O)O)CC[C@]3(C)C(=CCC4[C@@]5(C)CC[C@H](O[C@@H]6O[C@H](C(=O)O)[C@@H](O)[C@H](O)[C@H]6O[C@@H]6OC[C@H](O)[C@H](O)[C@H]6O)C(C)(C)C5CC[C@]43C)C2[C@]1(C)O. The molecule has 0 spiro atoms. The van der Waals surface area contributed by atoms with E-state index in [1.807, 2.05) is 13.8 Å². The van der Waals surface area contributed by atoms with Crippen LogP contribution in [0.25, 0.3) is 0 Å². The maximum Gasteiger partial charge on any atom is 0.335 e. The van der Waals surface area contributed by atoms with Crippen LogP contribution in [0.4, 0.5) is 0 Å². The van der Waals surface area contributed by atoms with E-state index < -0.39 is 95.7 Å². The molecule has 0 bridgehead atoms. The first-order valence-electron chi connectivity index (χ1n) is 20.4. The fourth-order valence-electron chi connectivity index (χ4n) is 13.6. The van der Waals surface area contributed by atoms with Crippen molar-refractivity contribution in [2.24, 2.45) is 50.7 Å². The summed E-state index contributed by atoms with van der Waals surface area (Å²) < 4.78 is 23.8. The zero-order valence-corrected chi connectivity index (χ0v) is 33.3. The summed E-state index contributed by atoms with van der Waals surface area (Å²) in [6.45, 7) is 14.9. The average molecular weight is 781 g/mol. The van der Waals surface area contributed by atoms with Crippen molar-refractivity contribution in [3.63, 3.8) is 0 Å². The van der Waals surface area contributed by atoms with Crippen LogP contribution in [0.15, 0.2) is 11.6 Å². The van der Waals surface area contributed by atoms with Crippen molar-refractivity contribution < 1.29 is 69.4 Å². The van der Waals surface area contributed by atoms with Crippen molar-refractivity contribution in [2.45, 2.75) is 173 Å². The number of carbonyl (C=O) groups is 2. The number of carboxylic acids is 2. The zero-order chi connectivity index (χ0) is 40.4. The Balaban J connectivity index is 1.17. The van der Waals surface area contributed by atoms with Gasteiger partial charge in [-0.15, -0.1) is 0 Å². The van der Waals surface area contributed by atoms with Crippen LogP contribution in [-0.4, -0.2) is 126 Å². The molecule has 0 amide bonds. The Bertz CT molecular complexity index is 1550. The number of hydrogen-bond acceptors (Lipinski definition) is 12. The molecule has 0 aromatic heterocycles. The van der Waals surface area contributed by atoms with E-state index in [9.17, 15) is 50.4 Å². The third-order valence-corrected chi connectivity index (χ3v) is 17.3. The molecule has 14 nitrogen and oxygen atoms in total. The summed E-state index contributed by atoms with van der Waals surface area (Å²) >= 11 is 0. The van der Waals surface area contributed by atoms with Crippen LogP contribution >= 0.6 is 0 Å². The molecule has 14 heteroatoms. The Kier molecular flexibility index (Phi) is 10.3. The lowest BCUT2D eigenvalue weighted by atomic mass is 9.33. The molecule has 6 fully saturated rings. The molecule has 312 valence electrons. The van der Waals surface area contributed by atoms with E-state index in [2.05, 4.69) is 40.7 Å². The minimum Gasteiger partial charge on any atom is -0.481 e. The second kappa shape index (κ2) is 13.7. The van der Waals surface area contributed by atoms with Crippen LogP contribution in [0.3, 0.4) is 0 Å². The van der Waals surface area contributed by atoms with Crippen molar-refractivity contribution in [1.29, 1.82) is 0 Å². The van der Waals surface area contributed by atoms with Crippen molar-refractivity contribution >= 4 is 11.9 Å². The van der Waals surface area contributed by atoms with Crippen molar-refractivity contribution in [3.05, 3.63) is 11.6 Å². The Morgan fingerprint density at radius 2 is 1.47 bits per heavy atom. The van der Waals surface area contributed by atoms with Gasteiger partial charge in [0.25, 0.3) is 0 Å². The largest absolute Gasteiger partial charge is 0.481 e. The van der Waals surface area contributed by atoms with E-state index in [0.29, 0.717) is 25.7 Å². The van der Waals surface area contributed by atoms with Crippen molar-refractivity contribution in [1.82, 2.24) is 0 Å². The lowest BCUT2D eigenvalue weighted by Gasteiger charge is -2.72. The minimum atomic E-state index is -1.90. The molecule has 3 unspecified atom stereocenters. The van der Waals surface area contributed by atoms with Crippen LogP contribution in [0, 0.1) is 50.7 Å². The minimum absolute atomic E-state index is 0.0314. The summed E-state index contributed by atoms with van der Waals surface area (Å²) in [5.41, 5.74) is -2.17. The first-order chi connectivity index (χ1) is 25.5. The molecular formula is C41H64O14. The van der Waals surface area contributed by atoms with E-state index in [1.165, 1.54) is 0 Å². The summed E-state index contributed by atoms with van der Waals surface area (Å²) in [5.74, 6) is -2.41. The maximum absolute atomic E-state index is 13.1. The highest BCUT2D eigenvalue weighted by Crippen LogP contribution is 2.76. The van der Waals surface area contributed by atoms with Gasteiger partial charge < -0.3 is 59.8 Å². The monoisotopic (exact) mass is 780 g/mol. The van der Waals surface area contributed by atoms with E-state index in [4.69, 9.17) is 18.9 Å². The lowest BCUT2D eigenvalue weighted by molar-refractivity contribution is -0.366. The number of ether oxygens (including phenoxy) is 4. The van der Waals surface area contributed by atoms with Crippen LogP contribution in [0.1, 0.15) is 106 Å². The van der Waals surface area contributed by atoms with E-state index in [1.54, 1.807) is 0 Å². The summed E-state index contributed by atoms with van der Waals surface area (Å²) in [5, 5.41) is 85.5. The molecule has 4 saturated carbocycles. The number of rotatable bonds is 6. The smallest absolute Gasteiger partial charge is 0.335 e. The maximum atomic E-state index is 13.1. The molecule has 2 saturated heterocycles. The lowest BCUT2D eigenvalue weighted by Crippen LogP contribution is -2.68. The standard InChI is InChI=1S/C41H64O14/c1-19-10-15-41(35(49)50)17-16-38(5)20(31(41)40(19,7)51)8-9-23-37(4)13-12-24(36(2,3)22(37)11-14-39(23,38)6)53-34-30(27(45)26(44)29(54-34)32(47)48)55-33-28(46)25(43)21(42)18-52-33/h8,19,21-31,33-34,42-46,51H,9-18H2,1-7H3,(H,47,48)(H,49,50)/t19-,21+,22?,23?,24+,25+,26+,27+,28-,29+,30-,31?,33+,34-,37+,38-,39-,40-,41+/m1/s1. The third-order valence-electron chi connectivity index (χ3n) is 17.3. The van der Waals surface area contributed by atoms with Gasteiger partial charge >= 0.3 is 11.9 Å². The molecular weight excluding hydrogens is 716 g/mol. The molecule has 2 heterocycles. The topological polar surface area (TPSA) is 233 Å². The predicted molar refractivity (Wildman–Crippen MR) is 194 cm³/mol. The van der Waals surface area contributed by atoms with Gasteiger partial charge in [0.15, 0.2) is 18.7 Å². The first kappa shape index (κ1) is 41.4. The highest BCUT2D eigenvalue weighted by Gasteiger charge is 2.71. The summed E-state index contributed by atoms with van der Waals surface area (Å²) in [6, 6.07) is 0. The fourth-order valence-corrected chi connectivity index (χ4v) is 13.6. The van der Waals surface area contributed by atoms with Gasteiger partial charge in [-0.3, -0.25) is 4.79 Å². The third kappa shape index (κ3) is 5.85. The summed E-state index contributed by atoms with van der Waals surface area (Å²) in [7, 11) is 0. The molecule has 0 aromatic rings. The number of aliphatic hydroxyl groups excluding tert-OH is 5. The zero-order valence-electron chi connectivity index (χ0n) is 33.3. The molecule has 55 heavy (non-hydrogen) atoms. The normalized spacial score (nSPS) is 54.8. The number of fused-ring (bicyclic) bond motifs is 7. The predicted octanol–water partition coefficient (Wildman–Crippen LogP) is 2.58. The van der Waals surface area contributed by atoms with Gasteiger partial charge in [-0.05, 0) is 104 Å². The highest BCUT2D eigenvalue weighted by atomic mass is 16.8. The number of hydrogen-bond donors (Lipinski definition) is 8. The molecule has 7 aliphatic rings. The van der Waals surface area contributed by atoms with Gasteiger partial charge in [0.2, 0.25) is 0 Å². The highest BCUT2D eigenvalue weighted by molar-refractivity contribution is 5.77. The van der Waals surface area contributed by atoms with Crippen molar-refractivity contribution in [3.8, 4) is 0 Å². The second-order valence-corrected chi connectivity index (χ2v) is 19.9. The van der Waals surface area contributed by atoms with Crippen LogP contribution in [0.2, 0.25) is 0 Å². The first-order valence-corrected chi connectivity index (χ1v) is 20.4. The molecule has 0 aromatic carbocycles. The van der Waals surface area contributed by atoms with Crippen molar-refractivity contribution in [2.75, 3.05) is 6.61 Å². The number of aliphatic hydroxyl groups is 6. The quantitative estimate of drug-likeness (QED) is 0.143. The number of aliphatic carboxylic acids is 2. The number of allylic oxidation sites excluding steroid dienone is 1. The van der Waals surface area contributed by atoms with Gasteiger partial charge in [-0.25, -0.2) is 4.79 Å². The van der Waals surface area contributed by atoms with E-state index in [0.717, 1.165) is 37.7 Å². The van der Waals surface area contributed by atoms with E-state index in [-0.39, 0.29) is 40.6 Å². The second-order valence-electron chi connectivity index (χ2n) is 19.9. The molecule has 0 radical (unpaired) electrons. The molecule has 8 N–H and O–H groups in total. The van der Waals surface area contributed by atoms with Gasteiger partial charge in [0.1, 0.15) is 36.6 Å². The van der Waals surface area contributed by atoms with Crippen LogP contribution in [-0.2, 0) is 28.5 Å². The Labute approximate surface area is 323 Å². The fraction of sp³-hybridized carbons (Fsp3) is 0.902. The Hall–Kier alpha value is -1.72. The Morgan fingerprint density at radius 1 is 0.782 bits per heavy atom. The molecule has 7 rings (SSSR count). The number of carboxylic acid groups (broad SMARTS) is 2. The van der Waals surface area contributed by atoms with Gasteiger partial charge in [0.05, 0.1) is 23.7 Å². The summed E-state index contributed by atoms with van der Waals surface area (Å²) in [4.78, 5) is 25.3.